The lowest BCUT2D eigenvalue weighted by Gasteiger charge is -2.22. The Kier molecular flexibility index (Phi) is 8.56. The molecule has 1 unspecified atom stereocenters. The quantitative estimate of drug-likeness (QED) is 0.184. The summed E-state index contributed by atoms with van der Waals surface area (Å²) in [5.74, 6) is 6.10. The molecule has 2 aliphatic carbocycles. The minimum atomic E-state index is -1.29. The largest absolute Gasteiger partial charge is 0.391 e. The van der Waals surface area contributed by atoms with Gasteiger partial charge in [-0.15, -0.1) is 0 Å². The van der Waals surface area contributed by atoms with Gasteiger partial charge in [0.25, 0.3) is 11.8 Å². The van der Waals surface area contributed by atoms with Gasteiger partial charge < -0.3 is 21.1 Å². The van der Waals surface area contributed by atoms with Crippen LogP contribution in [0.2, 0.25) is 0 Å². The number of benzene rings is 2. The second-order valence-electron chi connectivity index (χ2n) is 9.78. The van der Waals surface area contributed by atoms with Crippen LogP contribution in [0.4, 0.5) is 5.69 Å². The van der Waals surface area contributed by atoms with Crippen molar-refractivity contribution in [2.24, 2.45) is 11.8 Å². The lowest BCUT2D eigenvalue weighted by Crippen LogP contribution is -2.51. The van der Waals surface area contributed by atoms with Crippen molar-refractivity contribution in [3.8, 4) is 11.8 Å². The number of carbonyl (C=O) groups excluding carboxylic acids is 3. The van der Waals surface area contributed by atoms with Gasteiger partial charge in [0, 0.05) is 28.4 Å². The predicted molar refractivity (Wildman–Crippen MR) is 138 cm³/mol. The molecule has 0 aliphatic heterocycles. The van der Waals surface area contributed by atoms with Crippen molar-refractivity contribution in [1.82, 2.24) is 16.1 Å². The zero-order valence-corrected chi connectivity index (χ0v) is 20.7. The summed E-state index contributed by atoms with van der Waals surface area (Å²) in [6.45, 7) is 1.65. The summed E-state index contributed by atoms with van der Waals surface area (Å²) in [6.07, 6.45) is 3.92. The highest BCUT2D eigenvalue weighted by molar-refractivity contribution is 5.97. The van der Waals surface area contributed by atoms with Gasteiger partial charge in [-0.2, -0.15) is 0 Å². The molecule has 4 rings (SSSR count). The Morgan fingerprint density at radius 1 is 0.973 bits per heavy atom. The molecule has 0 saturated heterocycles. The fourth-order valence-corrected chi connectivity index (χ4v) is 5.11. The molecule has 194 valence electrons. The van der Waals surface area contributed by atoms with Crippen LogP contribution in [0.1, 0.15) is 54.1 Å². The number of aliphatic hydroxyl groups excluding tert-OH is 1. The molecule has 37 heavy (non-hydrogen) atoms. The Bertz CT molecular complexity index is 1180. The molecule has 2 saturated carbocycles. The monoisotopic (exact) mass is 504 g/mol. The molecule has 3 amide bonds. The minimum Gasteiger partial charge on any atom is -0.391 e. The number of aliphatic hydroxyl groups is 1. The second kappa shape index (κ2) is 12.0. The third kappa shape index (κ3) is 6.95. The maximum absolute atomic E-state index is 12.4. The zero-order chi connectivity index (χ0) is 26.4. The number of carbonyl (C=O) groups is 3. The summed E-state index contributed by atoms with van der Waals surface area (Å²) in [7, 11) is 0. The van der Waals surface area contributed by atoms with Crippen molar-refractivity contribution in [2.45, 2.75) is 50.8 Å². The fraction of sp³-hybridized carbons (Fsp3) is 0.393. The average molecular weight is 505 g/mol. The lowest BCUT2D eigenvalue weighted by atomic mass is 9.95. The van der Waals surface area contributed by atoms with Crippen molar-refractivity contribution in [3.63, 3.8) is 0 Å². The van der Waals surface area contributed by atoms with Crippen molar-refractivity contribution < 1.29 is 24.7 Å². The number of fused-ring (bicyclic) bond motifs is 2. The number of amides is 3. The van der Waals surface area contributed by atoms with Gasteiger partial charge in [-0.05, 0) is 86.6 Å². The second-order valence-corrected chi connectivity index (χ2v) is 9.78. The van der Waals surface area contributed by atoms with E-state index in [1.54, 1.807) is 24.3 Å². The molecule has 2 aromatic rings. The van der Waals surface area contributed by atoms with Gasteiger partial charge >= 0.3 is 0 Å². The molecule has 6 N–H and O–H groups in total. The minimum absolute atomic E-state index is 0.0532. The van der Waals surface area contributed by atoms with Crippen LogP contribution in [0.5, 0.6) is 0 Å². The first-order chi connectivity index (χ1) is 17.8. The Morgan fingerprint density at radius 2 is 1.62 bits per heavy atom. The van der Waals surface area contributed by atoms with Crippen molar-refractivity contribution in [3.05, 3.63) is 65.2 Å². The Balaban J connectivity index is 1.26. The summed E-state index contributed by atoms with van der Waals surface area (Å²) in [6, 6.07) is 12.9. The van der Waals surface area contributed by atoms with Crippen LogP contribution in [0.15, 0.2) is 48.5 Å². The molecule has 2 bridgehead atoms. The molecule has 2 aromatic carbocycles. The van der Waals surface area contributed by atoms with E-state index in [9.17, 15) is 19.5 Å². The molecule has 5 atom stereocenters. The van der Waals surface area contributed by atoms with Crippen LogP contribution < -0.4 is 21.4 Å². The van der Waals surface area contributed by atoms with Crippen LogP contribution >= 0.6 is 0 Å². The number of hydrogen-bond donors (Lipinski definition) is 6. The van der Waals surface area contributed by atoms with Crippen LogP contribution in [-0.4, -0.2) is 52.8 Å². The molecule has 0 radical (unpaired) electrons. The maximum atomic E-state index is 12.4. The Labute approximate surface area is 216 Å². The van der Waals surface area contributed by atoms with Gasteiger partial charge in [0.05, 0.1) is 12.6 Å². The van der Waals surface area contributed by atoms with E-state index in [1.807, 2.05) is 24.3 Å². The van der Waals surface area contributed by atoms with Gasteiger partial charge in [0.1, 0.15) is 6.04 Å². The Hall–Kier alpha value is -3.71. The van der Waals surface area contributed by atoms with Gasteiger partial charge in [-0.3, -0.25) is 19.6 Å². The number of hydrogen-bond acceptors (Lipinski definition) is 6. The smallest absolute Gasteiger partial charge is 0.268 e. The van der Waals surface area contributed by atoms with Crippen molar-refractivity contribution in [2.75, 3.05) is 11.9 Å². The van der Waals surface area contributed by atoms with E-state index in [-0.39, 0.29) is 11.5 Å². The standard InChI is InChI=1S/C28H32N4O5/c1-17(33)26(28(36)32-37)31-27(35)21-9-4-18(5-10-21)2-3-19-7-12-23(13-8-19)30-25(34)16-29-24-15-20-6-11-22(24)14-20/h4-5,7-10,12-13,17,20,22,24,26,29,33,37H,6,11,14-16H2,1H3,(H,30,34)(H,31,35)(H,32,36)/t17-,20-,22+,24?,26+/m1/s1. The lowest BCUT2D eigenvalue weighted by molar-refractivity contribution is -0.133. The third-order valence-electron chi connectivity index (χ3n) is 7.09. The summed E-state index contributed by atoms with van der Waals surface area (Å²) in [5.41, 5.74) is 3.87. The number of rotatable bonds is 8. The van der Waals surface area contributed by atoms with E-state index in [0.29, 0.717) is 23.8 Å². The van der Waals surface area contributed by atoms with Crippen LogP contribution in [-0.2, 0) is 9.59 Å². The highest BCUT2D eigenvalue weighted by Gasteiger charge is 2.39. The molecule has 0 spiro atoms. The highest BCUT2D eigenvalue weighted by atomic mass is 16.5. The van der Waals surface area contributed by atoms with Crippen LogP contribution in [0.3, 0.4) is 0 Å². The van der Waals surface area contributed by atoms with Crippen molar-refractivity contribution >= 4 is 23.4 Å². The predicted octanol–water partition coefficient (Wildman–Crippen LogP) is 1.79. The van der Waals surface area contributed by atoms with Crippen LogP contribution in [0.25, 0.3) is 0 Å². The summed E-state index contributed by atoms with van der Waals surface area (Å²) < 4.78 is 0. The van der Waals surface area contributed by atoms with Gasteiger partial charge in [-0.1, -0.05) is 18.3 Å². The average Bonchev–Trinajstić information content (AvgIpc) is 3.53. The van der Waals surface area contributed by atoms with E-state index in [4.69, 9.17) is 5.21 Å². The topological polar surface area (TPSA) is 140 Å². The van der Waals surface area contributed by atoms with Gasteiger partial charge in [0.2, 0.25) is 5.91 Å². The molecule has 0 aromatic heterocycles. The summed E-state index contributed by atoms with van der Waals surface area (Å²) in [5, 5.41) is 27.1. The molecular weight excluding hydrogens is 472 g/mol. The van der Waals surface area contributed by atoms with E-state index < -0.39 is 24.0 Å². The summed E-state index contributed by atoms with van der Waals surface area (Å²) >= 11 is 0. The molecule has 9 nitrogen and oxygen atoms in total. The first-order valence-corrected chi connectivity index (χ1v) is 12.5. The van der Waals surface area contributed by atoms with Gasteiger partial charge in [-0.25, -0.2) is 5.48 Å². The van der Waals surface area contributed by atoms with Crippen molar-refractivity contribution in [1.29, 1.82) is 0 Å². The van der Waals surface area contributed by atoms with E-state index >= 15 is 0 Å². The van der Waals surface area contributed by atoms with E-state index in [1.165, 1.54) is 38.1 Å². The summed E-state index contributed by atoms with van der Waals surface area (Å²) in [4.78, 5) is 36.3. The molecule has 0 heterocycles. The van der Waals surface area contributed by atoms with E-state index in [0.717, 1.165) is 17.4 Å². The SMILES string of the molecule is C[C@@H](O)[C@H](NC(=O)c1ccc(C#Cc2ccc(NC(=O)CNC3C[C@@H]4CC[C@H]3C4)cc2)cc1)C(=O)NO. The maximum Gasteiger partial charge on any atom is 0.268 e. The number of nitrogens with one attached hydrogen (secondary N) is 4. The number of anilines is 1. The zero-order valence-electron chi connectivity index (χ0n) is 20.7. The normalized spacial score (nSPS) is 21.3. The van der Waals surface area contributed by atoms with Gasteiger partial charge in [0.15, 0.2) is 0 Å². The number of hydroxylamine groups is 1. The molecule has 2 aliphatic rings. The Morgan fingerprint density at radius 3 is 2.16 bits per heavy atom. The molecule has 9 heteroatoms. The molecule has 2 fully saturated rings. The first-order valence-electron chi connectivity index (χ1n) is 12.5. The van der Waals surface area contributed by atoms with E-state index in [2.05, 4.69) is 27.8 Å². The van der Waals surface area contributed by atoms with Crippen LogP contribution in [0, 0.1) is 23.7 Å². The third-order valence-corrected chi connectivity index (χ3v) is 7.09. The fourth-order valence-electron chi connectivity index (χ4n) is 5.11. The molecular formula is C28H32N4O5. The highest BCUT2D eigenvalue weighted by Crippen LogP contribution is 2.44. The first kappa shape index (κ1) is 26.4.